The van der Waals surface area contributed by atoms with Gasteiger partial charge in [-0.1, -0.05) is 25.5 Å². The van der Waals surface area contributed by atoms with Gasteiger partial charge in [-0.25, -0.2) is 9.97 Å². The molecule has 4 nitrogen and oxygen atoms in total. The number of benzene rings is 1. The van der Waals surface area contributed by atoms with E-state index in [1.807, 2.05) is 12.4 Å². The van der Waals surface area contributed by atoms with Gasteiger partial charge in [-0.05, 0) is 25.0 Å². The van der Waals surface area contributed by atoms with E-state index < -0.39 is 0 Å². The molecule has 1 aromatic carbocycles. The molecule has 0 unspecified atom stereocenters. The Bertz CT molecular complexity index is 761. The first-order chi connectivity index (χ1) is 9.06. The second-order valence-electron chi connectivity index (χ2n) is 5.51. The third-order valence-electron chi connectivity index (χ3n) is 3.29. The van der Waals surface area contributed by atoms with Crippen LogP contribution in [-0.2, 0) is 6.54 Å². The third-order valence-corrected chi connectivity index (χ3v) is 3.29. The first kappa shape index (κ1) is 14.6. The quantitative estimate of drug-likeness (QED) is 0.785. The van der Waals surface area contributed by atoms with Crippen molar-refractivity contribution in [3.63, 3.8) is 0 Å². The minimum absolute atomic E-state index is 0. The van der Waals surface area contributed by atoms with Crippen LogP contribution >= 0.6 is 12.4 Å². The van der Waals surface area contributed by atoms with Crippen LogP contribution in [0.15, 0.2) is 24.5 Å². The van der Waals surface area contributed by atoms with Crippen molar-refractivity contribution in [3.05, 3.63) is 30.1 Å². The molecule has 2 aromatic heterocycles. The number of fused-ring (bicyclic) bond motifs is 3. The molecule has 0 aliphatic rings. The van der Waals surface area contributed by atoms with E-state index in [2.05, 4.69) is 47.4 Å². The van der Waals surface area contributed by atoms with Gasteiger partial charge in [-0.3, -0.25) is 0 Å². The Morgan fingerprint density at radius 1 is 1.30 bits per heavy atom. The maximum atomic E-state index is 6.02. The zero-order chi connectivity index (χ0) is 13.6. The largest absolute Gasteiger partial charge is 0.382 e. The minimum Gasteiger partial charge on any atom is -0.382 e. The van der Waals surface area contributed by atoms with Gasteiger partial charge < -0.3 is 10.3 Å². The Hall–Kier alpha value is -1.81. The van der Waals surface area contributed by atoms with Gasteiger partial charge in [0, 0.05) is 11.9 Å². The Labute approximate surface area is 124 Å². The van der Waals surface area contributed by atoms with Crippen molar-refractivity contribution in [2.24, 2.45) is 5.92 Å². The Balaban J connectivity index is 0.00000147. The number of nitrogen functional groups attached to an aromatic ring is 1. The number of pyridine rings is 1. The zero-order valence-electron chi connectivity index (χ0n) is 11.9. The SMILES string of the molecule is Cc1ccc2nc(N)c3ncn(CC(C)C)c3c2c1.Cl. The lowest BCUT2D eigenvalue weighted by atomic mass is 10.1. The number of hydrogen-bond donors (Lipinski definition) is 1. The number of hydrogen-bond acceptors (Lipinski definition) is 3. The monoisotopic (exact) mass is 290 g/mol. The molecule has 0 fully saturated rings. The highest BCUT2D eigenvalue weighted by Crippen LogP contribution is 2.28. The fraction of sp³-hybridized carbons (Fsp3) is 0.333. The van der Waals surface area contributed by atoms with Gasteiger partial charge in [-0.2, -0.15) is 0 Å². The van der Waals surface area contributed by atoms with E-state index in [0.717, 1.165) is 28.5 Å². The topological polar surface area (TPSA) is 56.7 Å². The minimum atomic E-state index is 0. The highest BCUT2D eigenvalue weighted by molar-refractivity contribution is 6.06. The Morgan fingerprint density at radius 2 is 2.05 bits per heavy atom. The second-order valence-corrected chi connectivity index (χ2v) is 5.51. The van der Waals surface area contributed by atoms with Crippen LogP contribution in [0.25, 0.3) is 21.9 Å². The lowest BCUT2D eigenvalue weighted by molar-refractivity contribution is 0.533. The molecule has 2 N–H and O–H groups in total. The van der Waals surface area contributed by atoms with Crippen molar-refractivity contribution in [2.75, 3.05) is 5.73 Å². The fourth-order valence-corrected chi connectivity index (χ4v) is 2.50. The normalized spacial score (nSPS) is 11.2. The zero-order valence-corrected chi connectivity index (χ0v) is 12.7. The average molecular weight is 291 g/mol. The molecule has 0 saturated carbocycles. The van der Waals surface area contributed by atoms with Crippen molar-refractivity contribution in [1.82, 2.24) is 14.5 Å². The number of nitrogens with zero attached hydrogens (tertiary/aromatic N) is 3. The Morgan fingerprint density at radius 3 is 2.75 bits per heavy atom. The van der Waals surface area contributed by atoms with Crippen LogP contribution in [0, 0.1) is 12.8 Å². The van der Waals surface area contributed by atoms with Crippen molar-refractivity contribution >= 4 is 40.2 Å². The van der Waals surface area contributed by atoms with E-state index in [-0.39, 0.29) is 12.4 Å². The molecule has 5 heteroatoms. The van der Waals surface area contributed by atoms with Crippen molar-refractivity contribution in [1.29, 1.82) is 0 Å². The summed E-state index contributed by atoms with van der Waals surface area (Å²) in [6, 6.07) is 6.24. The summed E-state index contributed by atoms with van der Waals surface area (Å²) in [4.78, 5) is 8.87. The molecule has 0 atom stereocenters. The summed E-state index contributed by atoms with van der Waals surface area (Å²) in [6.07, 6.45) is 1.87. The van der Waals surface area contributed by atoms with E-state index >= 15 is 0 Å². The molecule has 0 radical (unpaired) electrons. The molecule has 3 aromatic rings. The fourth-order valence-electron chi connectivity index (χ4n) is 2.50. The van der Waals surface area contributed by atoms with Crippen molar-refractivity contribution in [2.45, 2.75) is 27.3 Å². The van der Waals surface area contributed by atoms with E-state index in [0.29, 0.717) is 11.7 Å². The maximum absolute atomic E-state index is 6.02. The van der Waals surface area contributed by atoms with Gasteiger partial charge in [0.15, 0.2) is 5.82 Å². The number of aromatic nitrogens is 3. The molecule has 0 amide bonds. The van der Waals surface area contributed by atoms with Gasteiger partial charge in [0.25, 0.3) is 0 Å². The van der Waals surface area contributed by atoms with Gasteiger partial charge in [0.05, 0.1) is 17.4 Å². The van der Waals surface area contributed by atoms with Crippen LogP contribution in [0.1, 0.15) is 19.4 Å². The van der Waals surface area contributed by atoms with Crippen molar-refractivity contribution < 1.29 is 0 Å². The molecule has 3 rings (SSSR count). The summed E-state index contributed by atoms with van der Waals surface area (Å²) in [5, 5.41) is 1.13. The summed E-state index contributed by atoms with van der Waals surface area (Å²) < 4.78 is 2.18. The van der Waals surface area contributed by atoms with Crippen LogP contribution < -0.4 is 5.73 Å². The van der Waals surface area contributed by atoms with Gasteiger partial charge in [0.2, 0.25) is 0 Å². The molecule has 0 aliphatic heterocycles. The molecule has 0 spiro atoms. The molecule has 0 saturated heterocycles. The van der Waals surface area contributed by atoms with Crippen LogP contribution in [-0.4, -0.2) is 14.5 Å². The number of halogens is 1. The Kier molecular flexibility index (Phi) is 3.86. The summed E-state index contributed by atoms with van der Waals surface area (Å²) in [5.41, 5.74) is 10.1. The number of nitrogens with two attached hydrogens (primary N) is 1. The molecule has 2 heterocycles. The van der Waals surface area contributed by atoms with Crippen LogP contribution in [0.5, 0.6) is 0 Å². The van der Waals surface area contributed by atoms with E-state index in [4.69, 9.17) is 5.73 Å². The van der Waals surface area contributed by atoms with Gasteiger partial charge >= 0.3 is 0 Å². The summed E-state index contributed by atoms with van der Waals surface area (Å²) in [7, 11) is 0. The molecule has 0 aliphatic carbocycles. The molecule has 0 bridgehead atoms. The van der Waals surface area contributed by atoms with Crippen LogP contribution in [0.3, 0.4) is 0 Å². The average Bonchev–Trinajstić information content (AvgIpc) is 2.74. The number of imidazole rings is 1. The van der Waals surface area contributed by atoms with E-state index in [1.165, 1.54) is 5.56 Å². The lowest BCUT2D eigenvalue weighted by Gasteiger charge is -2.10. The first-order valence-electron chi connectivity index (χ1n) is 6.57. The highest BCUT2D eigenvalue weighted by atomic mass is 35.5. The summed E-state index contributed by atoms with van der Waals surface area (Å²) in [5.74, 6) is 1.07. The molecular formula is C15H19ClN4. The van der Waals surface area contributed by atoms with E-state index in [9.17, 15) is 0 Å². The number of anilines is 1. The standard InChI is InChI=1S/C15H18N4.ClH/c1-9(2)7-19-8-17-13-14(19)11-6-10(3)4-5-12(11)18-15(13)16;/h4-6,8-9H,7H2,1-3H3,(H2,16,18);1H. The number of rotatable bonds is 2. The molecular weight excluding hydrogens is 272 g/mol. The smallest absolute Gasteiger partial charge is 0.152 e. The van der Waals surface area contributed by atoms with Gasteiger partial charge in [0.1, 0.15) is 5.52 Å². The summed E-state index contributed by atoms with van der Waals surface area (Å²) >= 11 is 0. The molecule has 106 valence electrons. The predicted octanol–water partition coefficient (Wildman–Crippen LogP) is 3.55. The maximum Gasteiger partial charge on any atom is 0.152 e. The molecule has 20 heavy (non-hydrogen) atoms. The number of aryl methyl sites for hydroxylation is 1. The van der Waals surface area contributed by atoms with Crippen LogP contribution in [0.4, 0.5) is 5.82 Å². The lowest BCUT2D eigenvalue weighted by Crippen LogP contribution is -2.03. The first-order valence-corrected chi connectivity index (χ1v) is 6.57. The highest BCUT2D eigenvalue weighted by Gasteiger charge is 2.12. The van der Waals surface area contributed by atoms with Gasteiger partial charge in [-0.15, -0.1) is 12.4 Å². The summed E-state index contributed by atoms with van der Waals surface area (Å²) in [6.45, 7) is 7.42. The van der Waals surface area contributed by atoms with Crippen LogP contribution in [0.2, 0.25) is 0 Å². The van der Waals surface area contributed by atoms with E-state index in [1.54, 1.807) is 0 Å². The predicted molar refractivity (Wildman–Crippen MR) is 86.3 cm³/mol. The third kappa shape index (κ3) is 2.31. The van der Waals surface area contributed by atoms with Crippen molar-refractivity contribution in [3.8, 4) is 0 Å². The second kappa shape index (κ2) is 5.29.